The lowest BCUT2D eigenvalue weighted by Gasteiger charge is -2.11. The Morgan fingerprint density at radius 2 is 1.43 bits per heavy atom. The molecule has 0 rings (SSSR count). The van der Waals surface area contributed by atoms with Gasteiger partial charge in [-0.1, -0.05) is 69.8 Å². The van der Waals surface area contributed by atoms with Crippen LogP contribution < -0.4 is 5.73 Å². The quantitative estimate of drug-likeness (QED) is 0.338. The molecule has 4 N–H and O–H groups in total. The van der Waals surface area contributed by atoms with Crippen molar-refractivity contribution in [1.82, 2.24) is 0 Å². The number of unbranched alkanes of at least 4 members (excludes halogenated alkanes) is 8. The summed E-state index contributed by atoms with van der Waals surface area (Å²) in [5.74, 6) is 0. The zero-order chi connectivity index (χ0) is 15.8. The van der Waals surface area contributed by atoms with Crippen LogP contribution in [0.2, 0.25) is 0 Å². The van der Waals surface area contributed by atoms with Crippen molar-refractivity contribution in [3.63, 3.8) is 0 Å². The maximum Gasteiger partial charge on any atom is 0.0894 e. The van der Waals surface area contributed by atoms with Gasteiger partial charge in [0, 0.05) is 0 Å². The zero-order valence-electron chi connectivity index (χ0n) is 13.7. The minimum Gasteiger partial charge on any atom is -0.395 e. The fraction of sp³-hybridized carbons (Fsp3) is 0.778. The highest BCUT2D eigenvalue weighted by Crippen LogP contribution is 2.09. The van der Waals surface area contributed by atoms with Gasteiger partial charge in [-0.3, -0.25) is 0 Å². The Bertz CT molecular complexity index is 264. The van der Waals surface area contributed by atoms with Crippen molar-refractivity contribution in [1.29, 1.82) is 0 Å². The first-order valence-electron chi connectivity index (χ1n) is 8.58. The zero-order valence-corrected chi connectivity index (χ0v) is 13.7. The Morgan fingerprint density at radius 1 is 0.857 bits per heavy atom. The number of aliphatic hydroxyl groups is 2. The predicted molar refractivity (Wildman–Crippen MR) is 91.2 cm³/mol. The molecule has 0 aromatic heterocycles. The number of rotatable bonds is 14. The van der Waals surface area contributed by atoms with Crippen molar-refractivity contribution in [2.24, 2.45) is 5.73 Å². The van der Waals surface area contributed by atoms with Gasteiger partial charge in [-0.05, 0) is 25.7 Å². The first-order chi connectivity index (χ1) is 10.2. The fourth-order valence-corrected chi connectivity index (χ4v) is 2.13. The van der Waals surface area contributed by atoms with E-state index in [0.717, 1.165) is 12.8 Å². The van der Waals surface area contributed by atoms with Crippen LogP contribution in [0.15, 0.2) is 24.3 Å². The average molecular weight is 297 g/mol. The largest absolute Gasteiger partial charge is 0.395 e. The molecule has 124 valence electrons. The Hall–Kier alpha value is -0.640. The lowest BCUT2D eigenvalue weighted by Crippen LogP contribution is -2.36. The van der Waals surface area contributed by atoms with Gasteiger partial charge in [-0.15, -0.1) is 0 Å². The molecule has 3 heteroatoms. The van der Waals surface area contributed by atoms with Crippen LogP contribution >= 0.6 is 0 Å². The molecular formula is C18H35NO2. The molecule has 0 radical (unpaired) electrons. The summed E-state index contributed by atoms with van der Waals surface area (Å²) in [6.07, 6.45) is 19.9. The van der Waals surface area contributed by atoms with E-state index in [2.05, 4.69) is 19.1 Å². The van der Waals surface area contributed by atoms with E-state index < -0.39 is 12.1 Å². The molecule has 3 nitrogen and oxygen atoms in total. The van der Waals surface area contributed by atoms with E-state index in [1.54, 1.807) is 6.08 Å². The normalized spacial score (nSPS) is 15.0. The van der Waals surface area contributed by atoms with E-state index in [1.165, 1.54) is 51.4 Å². The second-order valence-electron chi connectivity index (χ2n) is 5.72. The SMILES string of the molecule is CCCCCCCCC/C=C/CC/C=C/C(O)[C@@H](N)CO. The van der Waals surface area contributed by atoms with Crippen LogP contribution in [0.3, 0.4) is 0 Å². The van der Waals surface area contributed by atoms with Gasteiger partial charge in [-0.25, -0.2) is 0 Å². The molecule has 0 fully saturated rings. The summed E-state index contributed by atoms with van der Waals surface area (Å²) in [6, 6.07) is -0.575. The molecule has 0 aliphatic carbocycles. The van der Waals surface area contributed by atoms with Gasteiger partial charge in [0.2, 0.25) is 0 Å². The van der Waals surface area contributed by atoms with Crippen LogP contribution in [-0.2, 0) is 0 Å². The van der Waals surface area contributed by atoms with Gasteiger partial charge >= 0.3 is 0 Å². The first-order valence-corrected chi connectivity index (χ1v) is 8.58. The lowest BCUT2D eigenvalue weighted by molar-refractivity contribution is 0.144. The highest BCUT2D eigenvalue weighted by atomic mass is 16.3. The first kappa shape index (κ1) is 20.4. The van der Waals surface area contributed by atoms with Crippen molar-refractivity contribution < 1.29 is 10.2 Å². The van der Waals surface area contributed by atoms with E-state index in [0.29, 0.717) is 0 Å². The van der Waals surface area contributed by atoms with Crippen molar-refractivity contribution in [2.75, 3.05) is 6.61 Å². The van der Waals surface area contributed by atoms with Gasteiger partial charge in [0.05, 0.1) is 18.8 Å². The Kier molecular flexibility index (Phi) is 15.3. The number of hydrogen-bond acceptors (Lipinski definition) is 3. The van der Waals surface area contributed by atoms with Crippen LogP contribution in [0.4, 0.5) is 0 Å². The minimum absolute atomic E-state index is 0.191. The third kappa shape index (κ3) is 14.1. The van der Waals surface area contributed by atoms with Gasteiger partial charge in [-0.2, -0.15) is 0 Å². The molecule has 0 aliphatic rings. The Labute approximate surface area is 130 Å². The van der Waals surface area contributed by atoms with E-state index in [9.17, 15) is 5.11 Å². The number of aliphatic hydroxyl groups excluding tert-OH is 2. The molecule has 0 aliphatic heterocycles. The minimum atomic E-state index is -0.744. The summed E-state index contributed by atoms with van der Waals surface area (Å²) in [7, 11) is 0. The molecule has 0 heterocycles. The lowest BCUT2D eigenvalue weighted by atomic mass is 10.1. The number of hydrogen-bond donors (Lipinski definition) is 3. The van der Waals surface area contributed by atoms with Crippen molar-refractivity contribution in [3.05, 3.63) is 24.3 Å². The third-order valence-corrected chi connectivity index (χ3v) is 3.62. The second-order valence-corrected chi connectivity index (χ2v) is 5.72. The van der Waals surface area contributed by atoms with Gasteiger partial charge in [0.25, 0.3) is 0 Å². The summed E-state index contributed by atoms with van der Waals surface area (Å²) >= 11 is 0. The summed E-state index contributed by atoms with van der Waals surface area (Å²) < 4.78 is 0. The molecule has 0 amide bonds. The van der Waals surface area contributed by atoms with E-state index in [1.807, 2.05) is 6.08 Å². The summed E-state index contributed by atoms with van der Waals surface area (Å²) in [6.45, 7) is 2.06. The van der Waals surface area contributed by atoms with Crippen LogP contribution in [0.25, 0.3) is 0 Å². The maximum absolute atomic E-state index is 9.51. The maximum atomic E-state index is 9.51. The van der Waals surface area contributed by atoms with Crippen LogP contribution in [0.5, 0.6) is 0 Å². The Balaban J connectivity index is 3.35. The van der Waals surface area contributed by atoms with E-state index in [4.69, 9.17) is 10.8 Å². The monoisotopic (exact) mass is 297 g/mol. The van der Waals surface area contributed by atoms with Gasteiger partial charge in [0.15, 0.2) is 0 Å². The molecule has 0 saturated heterocycles. The molecule has 0 aromatic carbocycles. The molecule has 0 saturated carbocycles. The van der Waals surface area contributed by atoms with Crippen molar-refractivity contribution in [2.45, 2.75) is 83.3 Å². The highest BCUT2D eigenvalue weighted by molar-refractivity contribution is 4.95. The van der Waals surface area contributed by atoms with Gasteiger partial charge < -0.3 is 15.9 Å². The topological polar surface area (TPSA) is 66.5 Å². The summed E-state index contributed by atoms with van der Waals surface area (Å²) in [4.78, 5) is 0. The molecule has 2 atom stereocenters. The van der Waals surface area contributed by atoms with Gasteiger partial charge in [0.1, 0.15) is 0 Å². The third-order valence-electron chi connectivity index (χ3n) is 3.62. The summed E-state index contributed by atoms with van der Waals surface area (Å²) in [5, 5.41) is 18.3. The molecule has 1 unspecified atom stereocenters. The number of allylic oxidation sites excluding steroid dienone is 3. The van der Waals surface area contributed by atoms with Crippen LogP contribution in [0, 0.1) is 0 Å². The van der Waals surface area contributed by atoms with Crippen molar-refractivity contribution in [3.8, 4) is 0 Å². The molecule has 0 bridgehead atoms. The standard InChI is InChI=1S/C18H35NO2/c1-2-3-4-5-6-7-8-9-10-11-12-13-14-15-18(21)17(19)16-20/h10-11,14-15,17-18,20-21H,2-9,12-13,16,19H2,1H3/b11-10+,15-14+/t17-,18?/m0/s1. The Morgan fingerprint density at radius 3 is 2.10 bits per heavy atom. The fourth-order valence-electron chi connectivity index (χ4n) is 2.13. The van der Waals surface area contributed by atoms with E-state index >= 15 is 0 Å². The van der Waals surface area contributed by atoms with Crippen LogP contribution in [-0.4, -0.2) is 29.0 Å². The number of nitrogens with two attached hydrogens (primary N) is 1. The van der Waals surface area contributed by atoms with E-state index in [-0.39, 0.29) is 6.61 Å². The smallest absolute Gasteiger partial charge is 0.0894 e. The highest BCUT2D eigenvalue weighted by Gasteiger charge is 2.08. The average Bonchev–Trinajstić information content (AvgIpc) is 2.50. The summed E-state index contributed by atoms with van der Waals surface area (Å²) in [5.41, 5.74) is 5.50. The molecule has 21 heavy (non-hydrogen) atoms. The molecular weight excluding hydrogens is 262 g/mol. The van der Waals surface area contributed by atoms with Crippen molar-refractivity contribution >= 4 is 0 Å². The predicted octanol–water partition coefficient (Wildman–Crippen LogP) is 3.70. The molecule has 0 spiro atoms. The second kappa shape index (κ2) is 15.7. The van der Waals surface area contributed by atoms with Crippen LogP contribution in [0.1, 0.15) is 71.1 Å². The molecule has 0 aromatic rings.